The third-order valence-corrected chi connectivity index (χ3v) is 3.69. The fourth-order valence-electron chi connectivity index (χ4n) is 1.28. The van der Waals surface area contributed by atoms with E-state index in [1.807, 2.05) is 0 Å². The van der Waals surface area contributed by atoms with Gasteiger partial charge in [0.25, 0.3) is 0 Å². The van der Waals surface area contributed by atoms with E-state index in [0.717, 1.165) is 11.8 Å². The van der Waals surface area contributed by atoms with E-state index in [2.05, 4.69) is 0 Å². The number of hydrogen-bond donors (Lipinski definition) is 2. The van der Waals surface area contributed by atoms with Crippen molar-refractivity contribution in [2.45, 2.75) is 19.1 Å². The molecule has 1 rings (SSSR count). The van der Waals surface area contributed by atoms with Crippen LogP contribution < -0.4 is 0 Å². The van der Waals surface area contributed by atoms with E-state index >= 15 is 0 Å². The van der Waals surface area contributed by atoms with Gasteiger partial charge in [0.2, 0.25) is 0 Å². The number of benzene rings is 1. The summed E-state index contributed by atoms with van der Waals surface area (Å²) in [5.74, 6) is 0.0953. The van der Waals surface area contributed by atoms with Crippen molar-refractivity contribution in [2.75, 3.05) is 5.75 Å². The molecule has 94 valence electrons. The zero-order valence-corrected chi connectivity index (χ0v) is 11.4. The number of carbonyl (C=O) groups excluding carboxylic acids is 1. The van der Waals surface area contributed by atoms with Gasteiger partial charge in [0.1, 0.15) is 6.10 Å². The largest absolute Gasteiger partial charge is 0.389 e. The molecule has 0 saturated carbocycles. The van der Waals surface area contributed by atoms with Gasteiger partial charge in [0.15, 0.2) is 5.12 Å². The molecule has 1 aromatic rings. The van der Waals surface area contributed by atoms with Crippen LogP contribution in [-0.2, 0) is 4.79 Å². The van der Waals surface area contributed by atoms with Gasteiger partial charge in [-0.05, 0) is 12.1 Å². The first-order chi connectivity index (χ1) is 7.93. The van der Waals surface area contributed by atoms with Crippen LogP contribution in [-0.4, -0.2) is 27.2 Å². The number of aliphatic hydroxyl groups is 2. The highest BCUT2D eigenvalue weighted by Crippen LogP contribution is 2.32. The SMILES string of the molecule is CC(=O)SCC(O)C(O)c1c(Cl)cccc1Cl. The molecule has 0 spiro atoms. The van der Waals surface area contributed by atoms with Crippen LogP contribution >= 0.6 is 35.0 Å². The summed E-state index contributed by atoms with van der Waals surface area (Å²) in [5.41, 5.74) is 0.285. The lowest BCUT2D eigenvalue weighted by Crippen LogP contribution is -2.22. The topological polar surface area (TPSA) is 57.5 Å². The predicted molar refractivity (Wildman–Crippen MR) is 70.6 cm³/mol. The van der Waals surface area contributed by atoms with Gasteiger partial charge in [0, 0.05) is 28.3 Å². The summed E-state index contributed by atoms with van der Waals surface area (Å²) in [6.07, 6.45) is -2.30. The molecule has 0 aliphatic heterocycles. The van der Waals surface area contributed by atoms with Gasteiger partial charge in [-0.15, -0.1) is 0 Å². The molecule has 0 aliphatic carbocycles. The maximum atomic E-state index is 10.8. The molecule has 2 unspecified atom stereocenters. The number of aliphatic hydroxyl groups excluding tert-OH is 2. The Morgan fingerprint density at radius 2 is 1.88 bits per heavy atom. The summed E-state index contributed by atoms with van der Waals surface area (Å²) in [6, 6.07) is 4.81. The standard InChI is InChI=1S/C11H12Cl2O3S/c1-6(14)17-5-9(15)11(16)10-7(12)3-2-4-8(10)13/h2-4,9,11,15-16H,5H2,1H3. The second-order valence-corrected chi connectivity index (χ2v) is 5.46. The van der Waals surface area contributed by atoms with E-state index in [9.17, 15) is 15.0 Å². The van der Waals surface area contributed by atoms with Crippen LogP contribution in [0.5, 0.6) is 0 Å². The van der Waals surface area contributed by atoms with Crippen LogP contribution in [0.2, 0.25) is 10.0 Å². The van der Waals surface area contributed by atoms with Crippen LogP contribution in [0.4, 0.5) is 0 Å². The van der Waals surface area contributed by atoms with Gasteiger partial charge in [-0.1, -0.05) is 41.0 Å². The molecule has 0 saturated heterocycles. The van der Waals surface area contributed by atoms with Crippen molar-refractivity contribution >= 4 is 40.1 Å². The minimum absolute atomic E-state index is 0.0953. The molecule has 0 aliphatic rings. The molecule has 2 N–H and O–H groups in total. The average molecular weight is 295 g/mol. The van der Waals surface area contributed by atoms with Crippen molar-refractivity contribution in [3.8, 4) is 0 Å². The van der Waals surface area contributed by atoms with Gasteiger partial charge >= 0.3 is 0 Å². The third-order valence-electron chi connectivity index (χ3n) is 2.12. The van der Waals surface area contributed by atoms with Crippen molar-refractivity contribution in [3.05, 3.63) is 33.8 Å². The van der Waals surface area contributed by atoms with Crippen molar-refractivity contribution in [2.24, 2.45) is 0 Å². The molecule has 0 heterocycles. The van der Waals surface area contributed by atoms with Crippen molar-refractivity contribution in [1.82, 2.24) is 0 Å². The minimum atomic E-state index is -1.21. The van der Waals surface area contributed by atoms with Crippen LogP contribution in [0.3, 0.4) is 0 Å². The smallest absolute Gasteiger partial charge is 0.185 e. The minimum Gasteiger partial charge on any atom is -0.389 e. The Balaban J connectivity index is 2.81. The van der Waals surface area contributed by atoms with Crippen LogP contribution in [0, 0.1) is 0 Å². The van der Waals surface area contributed by atoms with E-state index < -0.39 is 12.2 Å². The molecule has 3 nitrogen and oxygen atoms in total. The van der Waals surface area contributed by atoms with E-state index in [1.54, 1.807) is 18.2 Å². The maximum Gasteiger partial charge on any atom is 0.185 e. The van der Waals surface area contributed by atoms with Crippen LogP contribution in [0.25, 0.3) is 0 Å². The monoisotopic (exact) mass is 294 g/mol. The highest BCUT2D eigenvalue weighted by atomic mass is 35.5. The summed E-state index contributed by atoms with van der Waals surface area (Å²) < 4.78 is 0. The highest BCUT2D eigenvalue weighted by Gasteiger charge is 2.23. The Hall–Kier alpha value is -0.260. The maximum absolute atomic E-state index is 10.8. The van der Waals surface area contributed by atoms with Crippen molar-refractivity contribution in [3.63, 3.8) is 0 Å². The number of carbonyl (C=O) groups is 1. The van der Waals surface area contributed by atoms with Gasteiger partial charge in [-0.25, -0.2) is 0 Å². The van der Waals surface area contributed by atoms with E-state index in [0.29, 0.717) is 0 Å². The normalized spacial score (nSPS) is 14.4. The fourth-order valence-corrected chi connectivity index (χ4v) is 2.49. The summed E-state index contributed by atoms with van der Waals surface area (Å²) in [6.45, 7) is 1.40. The fraction of sp³-hybridized carbons (Fsp3) is 0.364. The molecule has 0 bridgehead atoms. The molecule has 0 fully saturated rings. The lowest BCUT2D eigenvalue weighted by atomic mass is 10.1. The summed E-state index contributed by atoms with van der Waals surface area (Å²) in [5, 5.41) is 20.1. The molecule has 0 radical (unpaired) electrons. The molecule has 0 amide bonds. The van der Waals surface area contributed by atoms with Gasteiger partial charge in [0.05, 0.1) is 6.10 Å². The van der Waals surface area contributed by atoms with Gasteiger partial charge in [-0.2, -0.15) is 0 Å². The lowest BCUT2D eigenvalue weighted by Gasteiger charge is -2.19. The summed E-state index contributed by atoms with van der Waals surface area (Å²) in [7, 11) is 0. The van der Waals surface area contributed by atoms with Gasteiger partial charge < -0.3 is 10.2 Å². The zero-order chi connectivity index (χ0) is 13.0. The van der Waals surface area contributed by atoms with Crippen molar-refractivity contribution in [1.29, 1.82) is 0 Å². The third kappa shape index (κ3) is 4.16. The van der Waals surface area contributed by atoms with Crippen molar-refractivity contribution < 1.29 is 15.0 Å². The first-order valence-electron chi connectivity index (χ1n) is 4.87. The zero-order valence-electron chi connectivity index (χ0n) is 9.06. The Labute approximate surface area is 114 Å². The Morgan fingerprint density at radius 3 is 2.35 bits per heavy atom. The predicted octanol–water partition coefficient (Wildman–Crippen LogP) is 2.67. The quantitative estimate of drug-likeness (QED) is 0.896. The number of halogens is 2. The Morgan fingerprint density at radius 1 is 1.35 bits per heavy atom. The summed E-state index contributed by atoms with van der Waals surface area (Å²) >= 11 is 12.7. The molecule has 6 heteroatoms. The molecule has 1 aromatic carbocycles. The highest BCUT2D eigenvalue weighted by molar-refractivity contribution is 8.13. The van der Waals surface area contributed by atoms with E-state index in [4.69, 9.17) is 23.2 Å². The molecular formula is C11H12Cl2O3S. The molecule has 2 atom stereocenters. The Kier molecular flexibility index (Phi) is 5.76. The first kappa shape index (κ1) is 14.8. The molecular weight excluding hydrogens is 283 g/mol. The first-order valence-corrected chi connectivity index (χ1v) is 6.61. The molecule has 0 aromatic heterocycles. The number of rotatable bonds is 4. The number of thioether (sulfide) groups is 1. The van der Waals surface area contributed by atoms with Gasteiger partial charge in [-0.3, -0.25) is 4.79 Å². The van der Waals surface area contributed by atoms with Crippen LogP contribution in [0.1, 0.15) is 18.6 Å². The Bertz CT molecular complexity index is 391. The second-order valence-electron chi connectivity index (χ2n) is 3.45. The van der Waals surface area contributed by atoms with E-state index in [1.165, 1.54) is 6.92 Å². The molecule has 17 heavy (non-hydrogen) atoms. The second kappa shape index (κ2) is 6.61. The van der Waals surface area contributed by atoms with Crippen LogP contribution in [0.15, 0.2) is 18.2 Å². The average Bonchev–Trinajstić information content (AvgIpc) is 2.25. The van der Waals surface area contributed by atoms with E-state index in [-0.39, 0.29) is 26.5 Å². The summed E-state index contributed by atoms with van der Waals surface area (Å²) in [4.78, 5) is 10.8. The lowest BCUT2D eigenvalue weighted by molar-refractivity contribution is -0.109. The number of hydrogen-bond acceptors (Lipinski definition) is 4.